The molecule has 1 amide bonds. The number of aromatic amines is 1. The van der Waals surface area contributed by atoms with Crippen LogP contribution in [0.25, 0.3) is 10.8 Å². The van der Waals surface area contributed by atoms with E-state index < -0.39 is 23.7 Å². The minimum Gasteiger partial charge on any atom is -0.352 e. The van der Waals surface area contributed by atoms with E-state index >= 15 is 0 Å². The third-order valence-corrected chi connectivity index (χ3v) is 5.55. The molecular weight excluding hydrogens is 468 g/mol. The van der Waals surface area contributed by atoms with E-state index in [0.717, 1.165) is 17.2 Å². The molecule has 1 aliphatic heterocycles. The maximum Gasteiger partial charge on any atom is 0.451 e. The SMILES string of the molecule is CN1CCN(C(=O)c2cc(Cc3n[nH]c(=O)c4ccccc34)ccc2F)C/C=N/N=C1C(F)(F)F. The van der Waals surface area contributed by atoms with Gasteiger partial charge in [-0.2, -0.15) is 23.4 Å². The first-order valence-corrected chi connectivity index (χ1v) is 10.6. The van der Waals surface area contributed by atoms with Gasteiger partial charge in [-0.05, 0) is 23.8 Å². The average molecular weight is 488 g/mol. The van der Waals surface area contributed by atoms with Crippen molar-refractivity contribution >= 4 is 28.7 Å². The molecule has 0 fully saturated rings. The van der Waals surface area contributed by atoms with Crippen LogP contribution in [-0.4, -0.2) is 70.8 Å². The summed E-state index contributed by atoms with van der Waals surface area (Å²) in [6, 6.07) is 10.9. The fourth-order valence-electron chi connectivity index (χ4n) is 3.75. The number of amides is 1. The van der Waals surface area contributed by atoms with Gasteiger partial charge in [0.15, 0.2) is 0 Å². The molecule has 4 rings (SSSR count). The zero-order chi connectivity index (χ0) is 25.2. The monoisotopic (exact) mass is 488 g/mol. The van der Waals surface area contributed by atoms with Crippen LogP contribution in [0.3, 0.4) is 0 Å². The summed E-state index contributed by atoms with van der Waals surface area (Å²) in [5.74, 6) is -2.65. The highest BCUT2D eigenvalue weighted by Gasteiger charge is 2.39. The van der Waals surface area contributed by atoms with Crippen molar-refractivity contribution in [1.29, 1.82) is 0 Å². The molecule has 0 unspecified atom stereocenters. The Hall–Kier alpha value is -4.09. The number of aromatic nitrogens is 2. The Morgan fingerprint density at radius 2 is 1.86 bits per heavy atom. The second-order valence-corrected chi connectivity index (χ2v) is 7.93. The van der Waals surface area contributed by atoms with E-state index in [4.69, 9.17) is 0 Å². The molecule has 0 aliphatic carbocycles. The van der Waals surface area contributed by atoms with Gasteiger partial charge in [-0.3, -0.25) is 9.59 Å². The average Bonchev–Trinajstić information content (AvgIpc) is 2.92. The van der Waals surface area contributed by atoms with Crippen LogP contribution in [0.1, 0.15) is 21.6 Å². The highest BCUT2D eigenvalue weighted by atomic mass is 19.4. The first kappa shape index (κ1) is 24.0. The van der Waals surface area contributed by atoms with Gasteiger partial charge in [0.2, 0.25) is 5.84 Å². The summed E-state index contributed by atoms with van der Waals surface area (Å²) in [5.41, 5.74) is 0.538. The van der Waals surface area contributed by atoms with Gasteiger partial charge in [0.05, 0.1) is 23.2 Å². The lowest BCUT2D eigenvalue weighted by atomic mass is 10.0. The summed E-state index contributed by atoms with van der Waals surface area (Å²) in [5, 5.41) is 14.3. The number of likely N-dealkylation sites (N-methyl/N-ethyl adjacent to an activating group) is 1. The molecule has 0 saturated heterocycles. The van der Waals surface area contributed by atoms with Gasteiger partial charge in [-0.25, -0.2) is 9.49 Å². The number of rotatable bonds is 3. The van der Waals surface area contributed by atoms with E-state index in [1.807, 2.05) is 0 Å². The number of hydrogen-bond acceptors (Lipinski definition) is 6. The predicted octanol–water partition coefficient (Wildman–Crippen LogP) is 2.99. The molecule has 35 heavy (non-hydrogen) atoms. The molecule has 1 aliphatic rings. The molecule has 8 nitrogen and oxygen atoms in total. The summed E-state index contributed by atoms with van der Waals surface area (Å²) < 4.78 is 54.1. The summed E-state index contributed by atoms with van der Waals surface area (Å²) >= 11 is 0. The Bertz CT molecular complexity index is 1380. The minimum atomic E-state index is -4.70. The Labute approximate surface area is 196 Å². The number of nitrogens with zero attached hydrogens (tertiary/aromatic N) is 5. The number of amidine groups is 1. The fraction of sp³-hybridized carbons (Fsp3) is 0.261. The van der Waals surface area contributed by atoms with Crippen molar-refractivity contribution in [2.75, 3.05) is 26.7 Å². The van der Waals surface area contributed by atoms with Gasteiger partial charge in [0, 0.05) is 38.2 Å². The molecule has 2 heterocycles. The molecule has 1 aromatic heterocycles. The third kappa shape index (κ3) is 5.20. The molecule has 182 valence electrons. The Kier molecular flexibility index (Phi) is 6.63. The van der Waals surface area contributed by atoms with E-state index in [0.29, 0.717) is 22.0 Å². The first-order valence-electron chi connectivity index (χ1n) is 10.6. The zero-order valence-corrected chi connectivity index (χ0v) is 18.5. The molecular formula is C23H20F4N6O2. The number of fused-ring (bicyclic) bond motifs is 1. The number of carbonyl (C=O) groups excluding carboxylic acids is 1. The lowest BCUT2D eigenvalue weighted by molar-refractivity contribution is -0.0680. The molecule has 0 bridgehead atoms. The van der Waals surface area contributed by atoms with Crippen LogP contribution in [-0.2, 0) is 6.42 Å². The normalized spacial score (nSPS) is 15.9. The fourth-order valence-corrected chi connectivity index (χ4v) is 3.75. The van der Waals surface area contributed by atoms with Gasteiger partial charge in [0.25, 0.3) is 11.5 Å². The Morgan fingerprint density at radius 3 is 2.60 bits per heavy atom. The van der Waals surface area contributed by atoms with Gasteiger partial charge in [-0.15, -0.1) is 5.10 Å². The largest absolute Gasteiger partial charge is 0.451 e. The van der Waals surface area contributed by atoms with E-state index in [9.17, 15) is 27.2 Å². The number of hydrogen-bond donors (Lipinski definition) is 1. The van der Waals surface area contributed by atoms with Crippen molar-refractivity contribution in [3.05, 3.63) is 75.5 Å². The molecule has 0 saturated carbocycles. The van der Waals surface area contributed by atoms with E-state index in [-0.39, 0.29) is 37.2 Å². The molecule has 3 aromatic rings. The second-order valence-electron chi connectivity index (χ2n) is 7.93. The predicted molar refractivity (Wildman–Crippen MR) is 122 cm³/mol. The van der Waals surface area contributed by atoms with Crippen LogP contribution in [0.15, 0.2) is 57.5 Å². The van der Waals surface area contributed by atoms with Gasteiger partial charge in [-0.1, -0.05) is 24.3 Å². The van der Waals surface area contributed by atoms with E-state index in [1.54, 1.807) is 24.3 Å². The van der Waals surface area contributed by atoms with Crippen molar-refractivity contribution in [2.24, 2.45) is 10.2 Å². The smallest absolute Gasteiger partial charge is 0.352 e. The quantitative estimate of drug-likeness (QED) is 0.574. The van der Waals surface area contributed by atoms with Gasteiger partial charge < -0.3 is 9.80 Å². The van der Waals surface area contributed by atoms with Crippen LogP contribution in [0.4, 0.5) is 17.6 Å². The van der Waals surface area contributed by atoms with Crippen molar-refractivity contribution < 1.29 is 22.4 Å². The van der Waals surface area contributed by atoms with Crippen molar-refractivity contribution in [3.8, 4) is 0 Å². The minimum absolute atomic E-state index is 0.105. The van der Waals surface area contributed by atoms with Gasteiger partial charge in [0.1, 0.15) is 5.82 Å². The standard InChI is InChI=1S/C23H20F4N6O2/c1-32-10-11-33(9-8-28-31-22(32)23(25,26)27)21(35)17-12-14(6-7-18(17)24)13-19-15-4-2-3-5-16(15)20(34)30-29-19/h2-8,12H,9-11,13H2,1H3,(H,30,34)/b28-8+,31-22?. The number of H-pyrrole nitrogens is 1. The molecule has 0 spiro atoms. The summed E-state index contributed by atoms with van der Waals surface area (Å²) in [7, 11) is 1.19. The highest BCUT2D eigenvalue weighted by molar-refractivity contribution is 5.96. The van der Waals surface area contributed by atoms with Gasteiger partial charge >= 0.3 is 6.18 Å². The lowest BCUT2D eigenvalue weighted by Crippen LogP contribution is -2.44. The maximum atomic E-state index is 14.7. The van der Waals surface area contributed by atoms with Crippen LogP contribution in [0.5, 0.6) is 0 Å². The number of halogens is 4. The number of alkyl halides is 3. The summed E-state index contributed by atoms with van der Waals surface area (Å²) in [6.45, 7) is -0.425. The number of benzene rings is 2. The summed E-state index contributed by atoms with van der Waals surface area (Å²) in [6.07, 6.45) is -3.42. The first-order chi connectivity index (χ1) is 16.6. The molecule has 12 heteroatoms. The molecule has 2 aromatic carbocycles. The van der Waals surface area contributed by atoms with Crippen molar-refractivity contribution in [1.82, 2.24) is 20.0 Å². The van der Waals surface area contributed by atoms with Crippen LogP contribution in [0, 0.1) is 5.82 Å². The maximum absolute atomic E-state index is 14.7. The van der Waals surface area contributed by atoms with Crippen LogP contribution >= 0.6 is 0 Å². The van der Waals surface area contributed by atoms with E-state index in [2.05, 4.69) is 20.4 Å². The van der Waals surface area contributed by atoms with Crippen LogP contribution < -0.4 is 5.56 Å². The number of carbonyl (C=O) groups is 1. The topological polar surface area (TPSA) is 94.0 Å². The lowest BCUT2D eigenvalue weighted by Gasteiger charge is -2.26. The Morgan fingerprint density at radius 1 is 1.11 bits per heavy atom. The summed E-state index contributed by atoms with van der Waals surface area (Å²) in [4.78, 5) is 27.2. The Balaban J connectivity index is 1.58. The highest BCUT2D eigenvalue weighted by Crippen LogP contribution is 2.21. The second kappa shape index (κ2) is 9.65. The third-order valence-electron chi connectivity index (χ3n) is 5.55. The molecule has 1 N–H and O–H groups in total. The zero-order valence-electron chi connectivity index (χ0n) is 18.5. The number of nitrogens with one attached hydrogen (secondary N) is 1. The van der Waals surface area contributed by atoms with E-state index in [1.165, 1.54) is 24.1 Å². The molecule has 0 radical (unpaired) electrons. The van der Waals surface area contributed by atoms with Crippen molar-refractivity contribution in [2.45, 2.75) is 12.6 Å². The molecule has 0 atom stereocenters. The van der Waals surface area contributed by atoms with Crippen molar-refractivity contribution in [3.63, 3.8) is 0 Å². The van der Waals surface area contributed by atoms with Crippen LogP contribution in [0.2, 0.25) is 0 Å².